The maximum absolute atomic E-state index is 13.1. The van der Waals surface area contributed by atoms with Crippen molar-refractivity contribution in [3.8, 4) is 0 Å². The quantitative estimate of drug-likeness (QED) is 0.875. The Hall–Kier alpha value is -1.59. The number of carboxylic acid groups (broad SMARTS) is 1. The van der Waals surface area contributed by atoms with Gasteiger partial charge in [0.2, 0.25) is 5.91 Å². The number of carbonyl (C=O) groups excluding carboxylic acids is 1. The van der Waals surface area contributed by atoms with Gasteiger partial charge < -0.3 is 14.7 Å². The van der Waals surface area contributed by atoms with Crippen LogP contribution in [0.2, 0.25) is 5.02 Å². The van der Waals surface area contributed by atoms with E-state index in [0.717, 1.165) is 31.2 Å². The predicted molar refractivity (Wildman–Crippen MR) is 97.2 cm³/mol. The molecule has 2 heterocycles. The molecule has 1 amide bonds. The third-order valence-electron chi connectivity index (χ3n) is 6.30. The summed E-state index contributed by atoms with van der Waals surface area (Å²) in [6.45, 7) is 1.90. The molecule has 1 N–H and O–H groups in total. The molecule has 1 aromatic rings. The molecule has 4 rings (SSSR count). The maximum atomic E-state index is 13.1. The predicted octanol–water partition coefficient (Wildman–Crippen LogP) is 3.10. The van der Waals surface area contributed by atoms with Crippen LogP contribution in [0.4, 0.5) is 0 Å². The summed E-state index contributed by atoms with van der Waals surface area (Å²) in [5.41, 5.74) is 0.685. The molecule has 0 spiro atoms. The third kappa shape index (κ3) is 3.12. The number of ether oxygens (including phenoxy) is 1. The summed E-state index contributed by atoms with van der Waals surface area (Å²) in [6.07, 6.45) is 3.81. The Labute approximate surface area is 158 Å². The summed E-state index contributed by atoms with van der Waals surface area (Å²) < 4.78 is 5.73. The lowest BCUT2D eigenvalue weighted by molar-refractivity contribution is -0.146. The molecule has 2 saturated heterocycles. The highest BCUT2D eigenvalue weighted by atomic mass is 35.5. The van der Waals surface area contributed by atoms with Crippen molar-refractivity contribution in [3.63, 3.8) is 0 Å². The first-order chi connectivity index (χ1) is 12.5. The normalized spacial score (nSPS) is 28.1. The van der Waals surface area contributed by atoms with Gasteiger partial charge in [-0.2, -0.15) is 0 Å². The second kappa shape index (κ2) is 6.86. The zero-order valence-corrected chi connectivity index (χ0v) is 15.5. The van der Waals surface area contributed by atoms with E-state index in [9.17, 15) is 14.7 Å². The monoisotopic (exact) mass is 377 g/mol. The molecule has 0 bridgehead atoms. The Morgan fingerprint density at radius 1 is 1.12 bits per heavy atom. The van der Waals surface area contributed by atoms with E-state index in [0.29, 0.717) is 31.1 Å². The first-order valence-corrected chi connectivity index (χ1v) is 9.79. The van der Waals surface area contributed by atoms with Crippen LogP contribution in [0.15, 0.2) is 24.3 Å². The second-order valence-electron chi connectivity index (χ2n) is 7.79. The number of aliphatic carboxylic acids is 1. The van der Waals surface area contributed by atoms with Crippen molar-refractivity contribution in [2.45, 2.75) is 43.6 Å². The van der Waals surface area contributed by atoms with E-state index in [-0.39, 0.29) is 23.3 Å². The minimum atomic E-state index is -0.759. The van der Waals surface area contributed by atoms with E-state index in [2.05, 4.69) is 0 Å². The molecule has 3 fully saturated rings. The summed E-state index contributed by atoms with van der Waals surface area (Å²) in [5, 5.41) is 10.0. The largest absolute Gasteiger partial charge is 0.481 e. The van der Waals surface area contributed by atoms with Crippen molar-refractivity contribution < 1.29 is 19.4 Å². The number of halogens is 1. The van der Waals surface area contributed by atoms with Crippen LogP contribution in [0.1, 0.15) is 37.7 Å². The first-order valence-electron chi connectivity index (χ1n) is 9.41. The number of rotatable bonds is 4. The van der Waals surface area contributed by atoms with Crippen molar-refractivity contribution in [2.75, 3.05) is 19.7 Å². The number of carboxylic acids is 1. The van der Waals surface area contributed by atoms with Crippen LogP contribution < -0.4 is 0 Å². The molecular weight excluding hydrogens is 354 g/mol. The number of carbonyl (C=O) groups is 2. The Bertz CT molecular complexity index is 692. The molecule has 0 radical (unpaired) electrons. The van der Waals surface area contributed by atoms with Crippen LogP contribution in [-0.2, 0) is 19.7 Å². The van der Waals surface area contributed by atoms with Crippen molar-refractivity contribution in [3.05, 3.63) is 34.9 Å². The Morgan fingerprint density at radius 2 is 1.77 bits per heavy atom. The van der Waals surface area contributed by atoms with E-state index in [1.807, 2.05) is 29.2 Å². The van der Waals surface area contributed by atoms with Crippen molar-refractivity contribution in [1.82, 2.24) is 4.90 Å². The SMILES string of the molecule is O=C(O)C1CCO[C@H]1C1CCN(C(=O)C2(c3ccc(Cl)cc3)CC2)CC1. The lowest BCUT2D eigenvalue weighted by Crippen LogP contribution is -2.46. The highest BCUT2D eigenvalue weighted by molar-refractivity contribution is 6.30. The molecule has 6 heteroatoms. The number of hydrogen-bond acceptors (Lipinski definition) is 3. The van der Waals surface area contributed by atoms with Crippen LogP contribution in [0.25, 0.3) is 0 Å². The first kappa shape index (κ1) is 17.8. The molecule has 140 valence electrons. The number of benzene rings is 1. The maximum Gasteiger partial charge on any atom is 0.309 e. The molecule has 1 aliphatic carbocycles. The van der Waals surface area contributed by atoms with E-state index >= 15 is 0 Å². The second-order valence-corrected chi connectivity index (χ2v) is 8.22. The average molecular weight is 378 g/mol. The molecule has 1 unspecified atom stereocenters. The Kier molecular flexibility index (Phi) is 4.70. The number of hydrogen-bond donors (Lipinski definition) is 1. The van der Waals surface area contributed by atoms with E-state index in [1.165, 1.54) is 0 Å². The minimum Gasteiger partial charge on any atom is -0.481 e. The van der Waals surface area contributed by atoms with Crippen molar-refractivity contribution >= 4 is 23.5 Å². The van der Waals surface area contributed by atoms with Crippen molar-refractivity contribution in [1.29, 1.82) is 0 Å². The van der Waals surface area contributed by atoms with Gasteiger partial charge in [0, 0.05) is 24.7 Å². The Morgan fingerprint density at radius 3 is 2.35 bits per heavy atom. The molecule has 3 aliphatic rings. The highest BCUT2D eigenvalue weighted by Crippen LogP contribution is 2.50. The van der Waals surface area contributed by atoms with Gasteiger partial charge in [-0.25, -0.2) is 0 Å². The van der Waals surface area contributed by atoms with E-state index < -0.39 is 11.9 Å². The summed E-state index contributed by atoms with van der Waals surface area (Å²) in [4.78, 5) is 26.5. The van der Waals surface area contributed by atoms with E-state index in [1.54, 1.807) is 0 Å². The van der Waals surface area contributed by atoms with Gasteiger partial charge in [-0.3, -0.25) is 9.59 Å². The molecule has 0 aromatic heterocycles. The van der Waals surface area contributed by atoms with Gasteiger partial charge in [0.15, 0.2) is 0 Å². The number of piperidine rings is 1. The van der Waals surface area contributed by atoms with Gasteiger partial charge in [-0.15, -0.1) is 0 Å². The fraction of sp³-hybridized carbons (Fsp3) is 0.600. The fourth-order valence-electron chi connectivity index (χ4n) is 4.59. The number of amides is 1. The third-order valence-corrected chi connectivity index (χ3v) is 6.55. The van der Waals surface area contributed by atoms with Gasteiger partial charge in [-0.05, 0) is 55.7 Å². The van der Waals surface area contributed by atoms with Crippen LogP contribution in [0, 0.1) is 11.8 Å². The van der Waals surface area contributed by atoms with Crippen molar-refractivity contribution in [2.24, 2.45) is 11.8 Å². The van der Waals surface area contributed by atoms with E-state index in [4.69, 9.17) is 16.3 Å². The zero-order valence-electron chi connectivity index (χ0n) is 14.7. The van der Waals surface area contributed by atoms with Gasteiger partial charge in [-0.1, -0.05) is 23.7 Å². The lowest BCUT2D eigenvalue weighted by atomic mass is 9.83. The smallest absolute Gasteiger partial charge is 0.309 e. The van der Waals surface area contributed by atoms with Crippen LogP contribution in [0.3, 0.4) is 0 Å². The van der Waals surface area contributed by atoms with Crippen LogP contribution in [-0.4, -0.2) is 47.7 Å². The number of nitrogens with zero attached hydrogens (tertiary/aromatic N) is 1. The summed E-state index contributed by atoms with van der Waals surface area (Å²) in [5.74, 6) is -0.717. The van der Waals surface area contributed by atoms with Crippen LogP contribution in [0.5, 0.6) is 0 Å². The molecule has 5 nitrogen and oxygen atoms in total. The molecule has 2 aliphatic heterocycles. The summed E-state index contributed by atoms with van der Waals surface area (Å²) >= 11 is 5.97. The van der Waals surface area contributed by atoms with Crippen LogP contribution >= 0.6 is 11.6 Å². The van der Waals surface area contributed by atoms with Gasteiger partial charge in [0.05, 0.1) is 17.4 Å². The minimum absolute atomic E-state index is 0.198. The average Bonchev–Trinajstić information content (AvgIpc) is 3.30. The Balaban J connectivity index is 1.40. The van der Waals surface area contributed by atoms with Gasteiger partial charge in [0.1, 0.15) is 0 Å². The summed E-state index contributed by atoms with van der Waals surface area (Å²) in [6, 6.07) is 7.62. The van der Waals surface area contributed by atoms with Gasteiger partial charge in [0.25, 0.3) is 0 Å². The molecule has 2 atom stereocenters. The molecule has 1 aromatic carbocycles. The number of likely N-dealkylation sites (tertiary alicyclic amines) is 1. The zero-order chi connectivity index (χ0) is 18.3. The lowest BCUT2D eigenvalue weighted by Gasteiger charge is -2.37. The topological polar surface area (TPSA) is 66.8 Å². The summed E-state index contributed by atoms with van der Waals surface area (Å²) in [7, 11) is 0. The molecular formula is C20H24ClNO4. The molecule has 1 saturated carbocycles. The fourth-order valence-corrected chi connectivity index (χ4v) is 4.72. The highest BCUT2D eigenvalue weighted by Gasteiger charge is 2.53. The standard InChI is InChI=1S/C20H24ClNO4/c21-15-3-1-14(2-4-15)20(8-9-20)19(25)22-10-5-13(6-11-22)17-16(18(23)24)7-12-26-17/h1-4,13,16-17H,5-12H2,(H,23,24)/t16?,17-/m0/s1. The van der Waals surface area contributed by atoms with Gasteiger partial charge >= 0.3 is 5.97 Å². The molecule has 26 heavy (non-hydrogen) atoms.